The summed E-state index contributed by atoms with van der Waals surface area (Å²) >= 11 is 3.42. The Morgan fingerprint density at radius 2 is 2.22 bits per heavy atom. The number of aromatic nitrogens is 2. The zero-order valence-electron chi connectivity index (χ0n) is 10.8. The summed E-state index contributed by atoms with van der Waals surface area (Å²) in [4.78, 5) is 11.8. The predicted octanol–water partition coefficient (Wildman–Crippen LogP) is 2.79. The van der Waals surface area contributed by atoms with Crippen LogP contribution in [-0.4, -0.2) is 21.7 Å². The largest absolute Gasteiger partial charge is 0.353 e. The molecule has 1 aliphatic carbocycles. The highest BCUT2D eigenvalue weighted by molar-refractivity contribution is 9.10. The zero-order valence-corrected chi connectivity index (χ0v) is 12.4. The highest BCUT2D eigenvalue weighted by atomic mass is 79.9. The first-order valence-electron chi connectivity index (χ1n) is 6.64. The molecular formula is C13H20BrN3O. The Morgan fingerprint density at radius 1 is 1.50 bits per heavy atom. The van der Waals surface area contributed by atoms with Crippen LogP contribution in [0.15, 0.2) is 10.7 Å². The second-order valence-corrected chi connectivity index (χ2v) is 5.81. The monoisotopic (exact) mass is 313 g/mol. The molecule has 2 rings (SSSR count). The summed E-state index contributed by atoms with van der Waals surface area (Å²) in [5, 5.41) is 7.35. The third kappa shape index (κ3) is 3.57. The van der Waals surface area contributed by atoms with Crippen LogP contribution in [0.3, 0.4) is 0 Å². The van der Waals surface area contributed by atoms with E-state index in [1.165, 1.54) is 19.3 Å². The van der Waals surface area contributed by atoms with Gasteiger partial charge in [-0.2, -0.15) is 5.10 Å². The van der Waals surface area contributed by atoms with Crippen molar-refractivity contribution in [1.82, 2.24) is 15.1 Å². The molecule has 1 heterocycles. The minimum absolute atomic E-state index is 0.146. The highest BCUT2D eigenvalue weighted by Crippen LogP contribution is 2.17. The fourth-order valence-electron chi connectivity index (χ4n) is 2.40. The Labute approximate surface area is 116 Å². The van der Waals surface area contributed by atoms with Gasteiger partial charge in [0.15, 0.2) is 0 Å². The molecule has 0 saturated heterocycles. The van der Waals surface area contributed by atoms with E-state index in [4.69, 9.17) is 0 Å². The maximum Gasteiger partial charge on any atom is 0.222 e. The van der Waals surface area contributed by atoms with Crippen LogP contribution in [-0.2, 0) is 11.3 Å². The molecule has 1 aromatic heterocycles. The van der Waals surface area contributed by atoms with E-state index in [1.54, 1.807) is 6.20 Å². The van der Waals surface area contributed by atoms with Gasteiger partial charge in [-0.15, -0.1) is 0 Å². The lowest BCUT2D eigenvalue weighted by Gasteiger charge is -2.22. The molecule has 1 fully saturated rings. The van der Waals surface area contributed by atoms with Gasteiger partial charge < -0.3 is 5.32 Å². The first-order chi connectivity index (χ1) is 8.66. The van der Waals surface area contributed by atoms with E-state index in [9.17, 15) is 4.79 Å². The van der Waals surface area contributed by atoms with Crippen molar-refractivity contribution in [3.63, 3.8) is 0 Å². The molecule has 0 radical (unpaired) electrons. The van der Waals surface area contributed by atoms with Gasteiger partial charge in [-0.3, -0.25) is 9.48 Å². The van der Waals surface area contributed by atoms with Gasteiger partial charge in [0, 0.05) is 24.7 Å². The molecular weight excluding hydrogens is 294 g/mol. The molecule has 1 N–H and O–H groups in total. The van der Waals surface area contributed by atoms with Crippen LogP contribution >= 0.6 is 15.9 Å². The van der Waals surface area contributed by atoms with Crippen molar-refractivity contribution in [2.24, 2.45) is 0 Å². The molecule has 1 aliphatic rings. The number of halogens is 1. The smallest absolute Gasteiger partial charge is 0.222 e. The van der Waals surface area contributed by atoms with Gasteiger partial charge in [0.05, 0.1) is 10.7 Å². The first kappa shape index (κ1) is 13.6. The molecule has 0 aromatic carbocycles. The van der Waals surface area contributed by atoms with Crippen molar-refractivity contribution < 1.29 is 4.79 Å². The fraction of sp³-hybridized carbons (Fsp3) is 0.692. The average molecular weight is 314 g/mol. The highest BCUT2D eigenvalue weighted by Gasteiger charge is 2.15. The molecule has 1 saturated carbocycles. The quantitative estimate of drug-likeness (QED) is 0.929. The number of nitrogens with one attached hydrogen (secondary N) is 1. The molecule has 0 aliphatic heterocycles. The lowest BCUT2D eigenvalue weighted by atomic mass is 9.95. The van der Waals surface area contributed by atoms with Crippen LogP contribution in [0.25, 0.3) is 0 Å². The minimum Gasteiger partial charge on any atom is -0.353 e. The van der Waals surface area contributed by atoms with E-state index in [0.29, 0.717) is 19.0 Å². The van der Waals surface area contributed by atoms with Crippen molar-refractivity contribution >= 4 is 21.8 Å². The first-order valence-corrected chi connectivity index (χ1v) is 7.43. The van der Waals surface area contributed by atoms with Crippen LogP contribution in [0, 0.1) is 6.92 Å². The summed E-state index contributed by atoms with van der Waals surface area (Å²) in [7, 11) is 0. The van der Waals surface area contributed by atoms with Gasteiger partial charge in [-0.25, -0.2) is 0 Å². The number of aryl methyl sites for hydroxylation is 1. The molecule has 100 valence electrons. The van der Waals surface area contributed by atoms with Gasteiger partial charge in [0.2, 0.25) is 5.91 Å². The second-order valence-electron chi connectivity index (χ2n) is 4.95. The van der Waals surface area contributed by atoms with Gasteiger partial charge in [-0.1, -0.05) is 19.3 Å². The minimum atomic E-state index is 0.146. The topological polar surface area (TPSA) is 46.9 Å². The SMILES string of the molecule is Cc1c(Br)cnn1CCC(=O)NC1CCCCC1. The molecule has 0 atom stereocenters. The molecule has 1 aromatic rings. The van der Waals surface area contributed by atoms with E-state index in [0.717, 1.165) is 23.0 Å². The molecule has 0 bridgehead atoms. The Hall–Kier alpha value is -0.840. The van der Waals surface area contributed by atoms with Gasteiger partial charge >= 0.3 is 0 Å². The molecule has 0 spiro atoms. The molecule has 0 unspecified atom stereocenters. The maximum absolute atomic E-state index is 11.8. The van der Waals surface area contributed by atoms with Crippen molar-refractivity contribution in [2.75, 3.05) is 0 Å². The standard InChI is InChI=1S/C13H20BrN3O/c1-10-12(14)9-15-17(10)8-7-13(18)16-11-5-3-2-4-6-11/h9,11H,2-8H2,1H3,(H,16,18). The molecule has 5 heteroatoms. The Balaban J connectivity index is 1.76. The van der Waals surface area contributed by atoms with Gasteiger partial charge in [0.1, 0.15) is 0 Å². The van der Waals surface area contributed by atoms with Crippen LogP contribution < -0.4 is 5.32 Å². The zero-order chi connectivity index (χ0) is 13.0. The van der Waals surface area contributed by atoms with Crippen molar-refractivity contribution in [1.29, 1.82) is 0 Å². The Kier molecular flexibility index (Phi) is 4.80. The van der Waals surface area contributed by atoms with E-state index in [2.05, 4.69) is 26.3 Å². The number of hydrogen-bond acceptors (Lipinski definition) is 2. The summed E-state index contributed by atoms with van der Waals surface area (Å²) in [6.45, 7) is 2.64. The lowest BCUT2D eigenvalue weighted by Crippen LogP contribution is -2.36. The van der Waals surface area contributed by atoms with E-state index in [1.807, 2.05) is 11.6 Å². The maximum atomic E-state index is 11.8. The van der Waals surface area contributed by atoms with Crippen molar-refractivity contribution in [3.8, 4) is 0 Å². The van der Waals surface area contributed by atoms with Gasteiger partial charge in [-0.05, 0) is 35.7 Å². The third-order valence-electron chi connectivity index (χ3n) is 3.56. The number of rotatable bonds is 4. The van der Waals surface area contributed by atoms with Crippen molar-refractivity contribution in [2.45, 2.75) is 58.0 Å². The number of carbonyl (C=O) groups is 1. The number of carbonyl (C=O) groups excluding carboxylic acids is 1. The Bertz CT molecular complexity index is 410. The van der Waals surface area contributed by atoms with E-state index < -0.39 is 0 Å². The molecule has 4 nitrogen and oxygen atoms in total. The second kappa shape index (κ2) is 6.36. The fourth-order valence-corrected chi connectivity index (χ4v) is 2.70. The van der Waals surface area contributed by atoms with Crippen molar-refractivity contribution in [3.05, 3.63) is 16.4 Å². The van der Waals surface area contributed by atoms with Gasteiger partial charge in [0.25, 0.3) is 0 Å². The summed E-state index contributed by atoms with van der Waals surface area (Å²) in [5.41, 5.74) is 1.07. The van der Waals surface area contributed by atoms with E-state index in [-0.39, 0.29) is 5.91 Å². The number of hydrogen-bond donors (Lipinski definition) is 1. The van der Waals surface area contributed by atoms with Crippen LogP contribution in [0.2, 0.25) is 0 Å². The predicted molar refractivity (Wildman–Crippen MR) is 74.3 cm³/mol. The summed E-state index contributed by atoms with van der Waals surface area (Å²) in [6, 6.07) is 0.400. The Morgan fingerprint density at radius 3 is 2.83 bits per heavy atom. The molecule has 18 heavy (non-hydrogen) atoms. The van der Waals surface area contributed by atoms with Crippen LogP contribution in [0.5, 0.6) is 0 Å². The van der Waals surface area contributed by atoms with Crippen LogP contribution in [0.1, 0.15) is 44.2 Å². The number of nitrogens with zero attached hydrogens (tertiary/aromatic N) is 2. The summed E-state index contributed by atoms with van der Waals surface area (Å²) in [5.74, 6) is 0.146. The lowest BCUT2D eigenvalue weighted by molar-refractivity contribution is -0.122. The average Bonchev–Trinajstić information content (AvgIpc) is 2.69. The summed E-state index contributed by atoms with van der Waals surface area (Å²) in [6.07, 6.45) is 8.36. The third-order valence-corrected chi connectivity index (χ3v) is 4.34. The van der Waals surface area contributed by atoms with Crippen LogP contribution in [0.4, 0.5) is 0 Å². The molecule has 1 amide bonds. The normalized spacial score (nSPS) is 16.8. The summed E-state index contributed by atoms with van der Waals surface area (Å²) < 4.78 is 2.86. The van der Waals surface area contributed by atoms with E-state index >= 15 is 0 Å². The number of amides is 1.